The molecule has 1 saturated heterocycles. The maximum absolute atomic E-state index is 13.6. The van der Waals surface area contributed by atoms with Gasteiger partial charge in [0.2, 0.25) is 10.0 Å². The summed E-state index contributed by atoms with van der Waals surface area (Å²) < 4.78 is 102. The Labute approximate surface area is 216 Å². The molecule has 1 aliphatic rings. The van der Waals surface area contributed by atoms with Crippen molar-refractivity contribution in [2.45, 2.75) is 16.2 Å². The molecule has 3 aromatic carbocycles. The van der Waals surface area contributed by atoms with Gasteiger partial charge in [-0.3, -0.25) is 0 Å². The van der Waals surface area contributed by atoms with Crippen LogP contribution in [0.15, 0.2) is 82.6 Å². The third-order valence-electron chi connectivity index (χ3n) is 5.34. The average Bonchev–Trinajstić information content (AvgIpc) is 2.85. The molecule has 198 valence electrons. The van der Waals surface area contributed by atoms with E-state index in [1.54, 1.807) is 0 Å². The summed E-state index contributed by atoms with van der Waals surface area (Å²) in [7, 11) is -8.19. The van der Waals surface area contributed by atoms with E-state index in [1.165, 1.54) is 52.8 Å². The Morgan fingerprint density at radius 2 is 1.27 bits per heavy atom. The van der Waals surface area contributed by atoms with Crippen LogP contribution >= 0.6 is 11.6 Å². The fourth-order valence-corrected chi connectivity index (χ4v) is 6.63. The summed E-state index contributed by atoms with van der Waals surface area (Å²) in [6, 6.07) is 14.8. The highest BCUT2D eigenvalue weighted by molar-refractivity contribution is 7.93. The van der Waals surface area contributed by atoms with Crippen molar-refractivity contribution in [1.29, 1.82) is 0 Å². The van der Waals surface area contributed by atoms with Gasteiger partial charge in [-0.2, -0.15) is 4.31 Å². The molecule has 0 saturated carbocycles. The molecule has 3 aromatic rings. The Morgan fingerprint density at radius 3 is 1.78 bits per heavy atom. The monoisotopic (exact) mass is 576 g/mol. The van der Waals surface area contributed by atoms with Gasteiger partial charge in [-0.15, -0.1) is 13.2 Å². The quantitative estimate of drug-likeness (QED) is 0.402. The van der Waals surface area contributed by atoms with E-state index in [0.29, 0.717) is 5.02 Å². The van der Waals surface area contributed by atoms with Crippen LogP contribution in [0.5, 0.6) is 5.75 Å². The van der Waals surface area contributed by atoms with E-state index in [1.807, 2.05) is 0 Å². The molecule has 8 nitrogen and oxygen atoms in total. The number of anilines is 2. The predicted molar refractivity (Wildman–Crippen MR) is 130 cm³/mol. The summed E-state index contributed by atoms with van der Waals surface area (Å²) in [6.45, 7) is 0.937. The van der Waals surface area contributed by atoms with E-state index in [2.05, 4.69) is 4.74 Å². The SMILES string of the molecule is O=S(=O)(c1ccc(N(c2ccc(Cl)cc2)S(=O)(=O)c2ccc(OC(F)(F)F)cc2)cc1)N1CCOCC1. The van der Waals surface area contributed by atoms with E-state index >= 15 is 0 Å². The van der Waals surface area contributed by atoms with Crippen molar-refractivity contribution in [3.05, 3.63) is 77.8 Å². The number of ether oxygens (including phenoxy) is 2. The average molecular weight is 577 g/mol. The van der Waals surface area contributed by atoms with E-state index in [9.17, 15) is 30.0 Å². The Morgan fingerprint density at radius 1 is 0.784 bits per heavy atom. The number of hydrogen-bond acceptors (Lipinski definition) is 6. The number of nitrogens with zero attached hydrogens (tertiary/aromatic N) is 2. The van der Waals surface area contributed by atoms with Gasteiger partial charge in [-0.25, -0.2) is 21.1 Å². The van der Waals surface area contributed by atoms with Crippen LogP contribution in [-0.4, -0.2) is 53.8 Å². The number of sulfonamides is 2. The van der Waals surface area contributed by atoms with Gasteiger partial charge in [-0.05, 0) is 72.8 Å². The third kappa shape index (κ3) is 6.18. The van der Waals surface area contributed by atoms with E-state index in [-0.39, 0.29) is 47.5 Å². The highest BCUT2D eigenvalue weighted by atomic mass is 35.5. The van der Waals surface area contributed by atoms with E-state index in [4.69, 9.17) is 16.3 Å². The van der Waals surface area contributed by atoms with Crippen molar-refractivity contribution < 1.29 is 39.5 Å². The van der Waals surface area contributed by atoms with E-state index < -0.39 is 32.2 Å². The molecule has 1 fully saturated rings. The number of hydrogen-bond donors (Lipinski definition) is 0. The van der Waals surface area contributed by atoms with Crippen LogP contribution in [0.1, 0.15) is 0 Å². The van der Waals surface area contributed by atoms with Crippen molar-refractivity contribution in [2.24, 2.45) is 0 Å². The van der Waals surface area contributed by atoms with Gasteiger partial charge < -0.3 is 9.47 Å². The lowest BCUT2D eigenvalue weighted by molar-refractivity contribution is -0.274. The second kappa shape index (κ2) is 10.5. The zero-order valence-corrected chi connectivity index (χ0v) is 21.3. The molecule has 0 N–H and O–H groups in total. The van der Waals surface area contributed by atoms with Crippen molar-refractivity contribution in [3.8, 4) is 5.75 Å². The molecule has 14 heteroatoms. The van der Waals surface area contributed by atoms with Gasteiger partial charge in [0.25, 0.3) is 10.0 Å². The fraction of sp³-hybridized carbons (Fsp3) is 0.217. The lowest BCUT2D eigenvalue weighted by Gasteiger charge is -2.27. The van der Waals surface area contributed by atoms with Crippen LogP contribution in [0.3, 0.4) is 0 Å². The lowest BCUT2D eigenvalue weighted by atomic mass is 10.2. The highest BCUT2D eigenvalue weighted by Crippen LogP contribution is 2.35. The van der Waals surface area contributed by atoms with Gasteiger partial charge in [0, 0.05) is 18.1 Å². The van der Waals surface area contributed by atoms with Crippen LogP contribution in [-0.2, 0) is 24.8 Å². The van der Waals surface area contributed by atoms with E-state index in [0.717, 1.165) is 28.6 Å². The molecule has 0 bridgehead atoms. The van der Waals surface area contributed by atoms with Crippen molar-refractivity contribution in [3.63, 3.8) is 0 Å². The van der Waals surface area contributed by atoms with Crippen molar-refractivity contribution in [1.82, 2.24) is 4.31 Å². The molecule has 0 atom stereocenters. The molecule has 0 radical (unpaired) electrons. The maximum atomic E-state index is 13.6. The minimum absolute atomic E-state index is 0.0275. The molecule has 0 aliphatic carbocycles. The molecule has 4 rings (SSSR count). The number of halogens is 4. The summed E-state index contributed by atoms with van der Waals surface area (Å²) in [6.07, 6.45) is -4.93. The molecule has 0 aromatic heterocycles. The van der Waals surface area contributed by atoms with Gasteiger partial charge in [0.05, 0.1) is 34.4 Å². The molecule has 0 spiro atoms. The first kappa shape index (κ1) is 27.2. The van der Waals surface area contributed by atoms with Crippen LogP contribution in [0.4, 0.5) is 24.5 Å². The molecule has 0 amide bonds. The van der Waals surface area contributed by atoms with Gasteiger partial charge in [0.15, 0.2) is 0 Å². The summed E-state index contributed by atoms with van der Waals surface area (Å²) in [4.78, 5) is -0.345. The van der Waals surface area contributed by atoms with Gasteiger partial charge in [-0.1, -0.05) is 11.6 Å². The Kier molecular flexibility index (Phi) is 7.72. The number of benzene rings is 3. The van der Waals surface area contributed by atoms with Crippen molar-refractivity contribution >= 4 is 43.0 Å². The zero-order chi connectivity index (χ0) is 26.8. The largest absolute Gasteiger partial charge is 0.573 e. The number of rotatable bonds is 7. The Balaban J connectivity index is 1.72. The molecule has 0 unspecified atom stereocenters. The number of morpholine rings is 1. The first-order valence-electron chi connectivity index (χ1n) is 10.7. The Bertz CT molecular complexity index is 1440. The molecule has 1 heterocycles. The maximum Gasteiger partial charge on any atom is 0.573 e. The second-order valence-electron chi connectivity index (χ2n) is 7.78. The lowest BCUT2D eigenvalue weighted by Crippen LogP contribution is -2.40. The second-order valence-corrected chi connectivity index (χ2v) is 11.9. The van der Waals surface area contributed by atoms with Crippen LogP contribution < -0.4 is 9.04 Å². The van der Waals surface area contributed by atoms with Crippen LogP contribution in [0.25, 0.3) is 0 Å². The molecule has 1 aliphatic heterocycles. The molecular formula is C23H20ClF3N2O6S2. The molecule has 37 heavy (non-hydrogen) atoms. The minimum Gasteiger partial charge on any atom is -0.406 e. The Hall–Kier alpha value is -2.84. The first-order chi connectivity index (χ1) is 17.4. The summed E-state index contributed by atoms with van der Waals surface area (Å²) >= 11 is 5.95. The highest BCUT2D eigenvalue weighted by Gasteiger charge is 2.32. The zero-order valence-electron chi connectivity index (χ0n) is 18.9. The minimum atomic E-state index is -4.93. The number of alkyl halides is 3. The predicted octanol–water partition coefficient (Wildman–Crippen LogP) is 4.79. The third-order valence-corrected chi connectivity index (χ3v) is 9.27. The standard InChI is InChI=1S/C23H20ClF3N2O6S2/c24-17-1-3-18(4-2-17)29(37(32,33)22-11-7-20(8-12-22)35-23(25,26)27)19-5-9-21(10-6-19)36(30,31)28-13-15-34-16-14-28/h1-12H,13-16H2. The van der Waals surface area contributed by atoms with Crippen molar-refractivity contribution in [2.75, 3.05) is 30.6 Å². The fourth-order valence-electron chi connectivity index (χ4n) is 3.61. The summed E-state index contributed by atoms with van der Waals surface area (Å²) in [5.41, 5.74) is 0.266. The summed E-state index contributed by atoms with van der Waals surface area (Å²) in [5, 5.41) is 0.349. The van der Waals surface area contributed by atoms with Gasteiger partial charge in [0.1, 0.15) is 5.75 Å². The van der Waals surface area contributed by atoms with Gasteiger partial charge >= 0.3 is 6.36 Å². The van der Waals surface area contributed by atoms with Crippen LogP contribution in [0, 0.1) is 0 Å². The topological polar surface area (TPSA) is 93.2 Å². The normalized spacial score (nSPS) is 15.4. The smallest absolute Gasteiger partial charge is 0.406 e. The van der Waals surface area contributed by atoms with Crippen LogP contribution in [0.2, 0.25) is 5.02 Å². The summed E-state index contributed by atoms with van der Waals surface area (Å²) in [5.74, 6) is -0.581. The molecular weight excluding hydrogens is 557 g/mol. The first-order valence-corrected chi connectivity index (χ1v) is 14.0.